The highest BCUT2D eigenvalue weighted by atomic mass is 32.1. The summed E-state index contributed by atoms with van der Waals surface area (Å²) < 4.78 is 5.44. The fraction of sp³-hybridized carbons (Fsp3) is 0.462. The Morgan fingerprint density at radius 3 is 3.11 bits per heavy atom. The third-order valence-corrected chi connectivity index (χ3v) is 4.23. The molecule has 1 saturated heterocycles. The lowest BCUT2D eigenvalue weighted by molar-refractivity contribution is 0.0910. The Morgan fingerprint density at radius 2 is 2.42 bits per heavy atom. The van der Waals surface area contributed by atoms with Gasteiger partial charge in [-0.25, -0.2) is 0 Å². The number of aryl methyl sites for hydroxylation is 1. The van der Waals surface area contributed by atoms with E-state index in [1.807, 2.05) is 22.4 Å². The Kier molecular flexibility index (Phi) is 3.33. The van der Waals surface area contributed by atoms with Gasteiger partial charge < -0.3 is 9.32 Å². The van der Waals surface area contributed by atoms with Crippen molar-refractivity contribution in [3.8, 4) is 0 Å². The van der Waals surface area contributed by atoms with Crippen molar-refractivity contribution in [2.45, 2.75) is 19.8 Å². The summed E-state index contributed by atoms with van der Waals surface area (Å²) in [5, 5.41) is 9.81. The minimum atomic E-state index is 0.0274. The SMILES string of the molecule is Cc1nnc(N2CCC[C@@H](C(=O)c3cccs3)C2)o1. The summed E-state index contributed by atoms with van der Waals surface area (Å²) >= 11 is 1.51. The Bertz CT molecular complexity index is 564. The molecule has 3 rings (SSSR count). The summed E-state index contributed by atoms with van der Waals surface area (Å²) in [7, 11) is 0. The lowest BCUT2D eigenvalue weighted by atomic mass is 9.93. The topological polar surface area (TPSA) is 59.2 Å². The second kappa shape index (κ2) is 5.13. The van der Waals surface area contributed by atoms with Crippen LogP contribution in [0.1, 0.15) is 28.4 Å². The molecule has 5 nitrogen and oxygen atoms in total. The van der Waals surface area contributed by atoms with Gasteiger partial charge in [-0.3, -0.25) is 4.79 Å². The molecule has 1 aliphatic rings. The zero-order valence-corrected chi connectivity index (χ0v) is 11.5. The van der Waals surface area contributed by atoms with E-state index >= 15 is 0 Å². The molecule has 0 bridgehead atoms. The summed E-state index contributed by atoms with van der Waals surface area (Å²) in [5.74, 6) is 0.817. The van der Waals surface area contributed by atoms with Crippen molar-refractivity contribution in [1.82, 2.24) is 10.2 Å². The normalized spacial score (nSPS) is 19.6. The number of carbonyl (C=O) groups excluding carboxylic acids is 1. The first kappa shape index (κ1) is 12.3. The van der Waals surface area contributed by atoms with Gasteiger partial charge in [0.25, 0.3) is 0 Å². The van der Waals surface area contributed by atoms with Gasteiger partial charge in [-0.1, -0.05) is 11.2 Å². The predicted octanol–water partition coefficient (Wildman–Crippen LogP) is 2.54. The highest BCUT2D eigenvalue weighted by Crippen LogP contribution is 2.26. The van der Waals surface area contributed by atoms with Crippen LogP contribution in [0.2, 0.25) is 0 Å². The van der Waals surface area contributed by atoms with Crippen molar-refractivity contribution >= 4 is 23.1 Å². The molecule has 0 saturated carbocycles. The Morgan fingerprint density at radius 1 is 1.53 bits per heavy atom. The van der Waals surface area contributed by atoms with Crippen LogP contribution in [0.3, 0.4) is 0 Å². The lowest BCUT2D eigenvalue weighted by Crippen LogP contribution is -2.38. The number of nitrogens with zero attached hydrogens (tertiary/aromatic N) is 3. The number of aromatic nitrogens is 2. The Labute approximate surface area is 115 Å². The molecule has 0 aromatic carbocycles. The predicted molar refractivity (Wildman–Crippen MR) is 72.6 cm³/mol. The van der Waals surface area contributed by atoms with E-state index < -0.39 is 0 Å². The van der Waals surface area contributed by atoms with Gasteiger partial charge in [-0.05, 0) is 24.3 Å². The maximum absolute atomic E-state index is 12.4. The molecule has 2 aromatic heterocycles. The van der Waals surface area contributed by atoms with Gasteiger partial charge in [0.15, 0.2) is 5.78 Å². The maximum Gasteiger partial charge on any atom is 0.318 e. The molecule has 0 spiro atoms. The summed E-state index contributed by atoms with van der Waals surface area (Å²) in [6.45, 7) is 3.31. The molecule has 100 valence electrons. The first-order valence-corrected chi connectivity index (χ1v) is 7.25. The monoisotopic (exact) mass is 277 g/mol. The number of carbonyl (C=O) groups is 1. The maximum atomic E-state index is 12.4. The fourth-order valence-electron chi connectivity index (χ4n) is 2.40. The highest BCUT2D eigenvalue weighted by molar-refractivity contribution is 7.12. The molecule has 1 aliphatic heterocycles. The van der Waals surface area contributed by atoms with Crippen LogP contribution in [0.15, 0.2) is 21.9 Å². The van der Waals surface area contributed by atoms with Crippen LogP contribution in [0.5, 0.6) is 0 Å². The van der Waals surface area contributed by atoms with Gasteiger partial charge >= 0.3 is 6.01 Å². The molecule has 1 atom stereocenters. The molecule has 6 heteroatoms. The van der Waals surface area contributed by atoms with Crippen molar-refractivity contribution in [2.75, 3.05) is 18.0 Å². The third kappa shape index (κ3) is 2.53. The number of thiophene rings is 1. The van der Waals surface area contributed by atoms with E-state index in [1.54, 1.807) is 6.92 Å². The first-order chi connectivity index (χ1) is 9.24. The van der Waals surface area contributed by atoms with Crippen LogP contribution < -0.4 is 4.90 Å². The number of piperidine rings is 1. The average molecular weight is 277 g/mol. The van der Waals surface area contributed by atoms with Crippen molar-refractivity contribution in [2.24, 2.45) is 5.92 Å². The first-order valence-electron chi connectivity index (χ1n) is 6.37. The molecule has 19 heavy (non-hydrogen) atoms. The molecule has 0 N–H and O–H groups in total. The average Bonchev–Trinajstić information content (AvgIpc) is 3.09. The smallest absolute Gasteiger partial charge is 0.318 e. The molecular formula is C13H15N3O2S. The van der Waals surface area contributed by atoms with Gasteiger partial charge in [0, 0.05) is 25.9 Å². The van der Waals surface area contributed by atoms with E-state index in [0.29, 0.717) is 18.5 Å². The van der Waals surface area contributed by atoms with Crippen LogP contribution >= 0.6 is 11.3 Å². The third-order valence-electron chi connectivity index (χ3n) is 3.34. The van der Waals surface area contributed by atoms with E-state index in [4.69, 9.17) is 4.42 Å². The Hall–Kier alpha value is -1.69. The fourth-order valence-corrected chi connectivity index (χ4v) is 3.14. The number of Topliss-reactive ketones (excluding diaryl/α,β-unsaturated/α-hetero) is 1. The zero-order valence-electron chi connectivity index (χ0n) is 10.7. The van der Waals surface area contributed by atoms with Gasteiger partial charge in [0.1, 0.15) is 0 Å². The largest absolute Gasteiger partial charge is 0.408 e. The molecule has 0 amide bonds. The molecular weight excluding hydrogens is 262 g/mol. The molecule has 3 heterocycles. The Balaban J connectivity index is 1.73. The number of ketones is 1. The van der Waals surface area contributed by atoms with Crippen molar-refractivity contribution in [3.05, 3.63) is 28.3 Å². The number of hydrogen-bond acceptors (Lipinski definition) is 6. The highest BCUT2D eigenvalue weighted by Gasteiger charge is 2.29. The minimum absolute atomic E-state index is 0.0274. The second-order valence-corrected chi connectivity index (χ2v) is 5.68. The number of anilines is 1. The van der Waals surface area contributed by atoms with E-state index in [2.05, 4.69) is 10.2 Å². The van der Waals surface area contributed by atoms with Crippen molar-refractivity contribution in [1.29, 1.82) is 0 Å². The summed E-state index contributed by atoms with van der Waals surface area (Å²) in [6.07, 6.45) is 1.91. The molecule has 0 aliphatic carbocycles. The second-order valence-electron chi connectivity index (χ2n) is 4.73. The summed E-state index contributed by atoms with van der Waals surface area (Å²) in [6, 6.07) is 4.34. The van der Waals surface area contributed by atoms with Crippen LogP contribution in [0.25, 0.3) is 0 Å². The van der Waals surface area contributed by atoms with E-state index in [9.17, 15) is 4.79 Å². The van der Waals surface area contributed by atoms with E-state index in [-0.39, 0.29) is 11.7 Å². The minimum Gasteiger partial charge on any atom is -0.408 e. The number of hydrogen-bond donors (Lipinski definition) is 0. The van der Waals surface area contributed by atoms with Crippen LogP contribution in [0.4, 0.5) is 6.01 Å². The van der Waals surface area contributed by atoms with Gasteiger partial charge in [0.05, 0.1) is 4.88 Å². The van der Waals surface area contributed by atoms with E-state index in [1.165, 1.54) is 11.3 Å². The summed E-state index contributed by atoms with van der Waals surface area (Å²) in [4.78, 5) is 15.2. The van der Waals surface area contributed by atoms with Crippen LogP contribution in [-0.2, 0) is 0 Å². The van der Waals surface area contributed by atoms with E-state index in [0.717, 1.165) is 24.3 Å². The standard InChI is InChI=1S/C13H15N3O2S/c1-9-14-15-13(18-9)16-6-2-4-10(8-16)12(17)11-5-3-7-19-11/h3,5,7,10H,2,4,6,8H2,1H3/t10-/m1/s1. The molecule has 0 unspecified atom stereocenters. The van der Waals surface area contributed by atoms with Gasteiger partial charge in [0.2, 0.25) is 5.89 Å². The van der Waals surface area contributed by atoms with Gasteiger partial charge in [-0.2, -0.15) is 0 Å². The zero-order chi connectivity index (χ0) is 13.2. The molecule has 2 aromatic rings. The van der Waals surface area contributed by atoms with Crippen molar-refractivity contribution < 1.29 is 9.21 Å². The molecule has 1 fully saturated rings. The lowest BCUT2D eigenvalue weighted by Gasteiger charge is -2.30. The quantitative estimate of drug-likeness (QED) is 0.807. The van der Waals surface area contributed by atoms with Crippen LogP contribution in [0, 0.1) is 12.8 Å². The van der Waals surface area contributed by atoms with Crippen LogP contribution in [-0.4, -0.2) is 29.1 Å². The molecule has 0 radical (unpaired) electrons. The number of rotatable bonds is 3. The van der Waals surface area contributed by atoms with Gasteiger partial charge in [-0.15, -0.1) is 16.4 Å². The van der Waals surface area contributed by atoms with Crippen molar-refractivity contribution in [3.63, 3.8) is 0 Å². The summed E-state index contributed by atoms with van der Waals surface area (Å²) in [5.41, 5.74) is 0.